The molecule has 1 aliphatic heterocycles. The molecule has 1 fully saturated rings. The molecular formula is C23H29FN2O2. The maximum absolute atomic E-state index is 13.2. The molecule has 0 saturated carbocycles. The van der Waals surface area contributed by atoms with Crippen LogP contribution in [0.2, 0.25) is 0 Å². The van der Waals surface area contributed by atoms with Crippen LogP contribution in [0.15, 0.2) is 42.5 Å². The second-order valence-electron chi connectivity index (χ2n) is 8.01. The fourth-order valence-electron chi connectivity index (χ4n) is 3.87. The molecule has 5 heteroatoms. The Morgan fingerprint density at radius 3 is 2.54 bits per heavy atom. The molecule has 0 unspecified atom stereocenters. The van der Waals surface area contributed by atoms with Gasteiger partial charge in [-0.05, 0) is 60.7 Å². The minimum absolute atomic E-state index is 0.0115. The molecule has 0 aromatic heterocycles. The lowest BCUT2D eigenvalue weighted by Gasteiger charge is -2.34. The van der Waals surface area contributed by atoms with Crippen LogP contribution in [0.3, 0.4) is 0 Å². The van der Waals surface area contributed by atoms with Gasteiger partial charge in [-0.15, -0.1) is 0 Å². The summed E-state index contributed by atoms with van der Waals surface area (Å²) in [4.78, 5) is 17.4. The summed E-state index contributed by atoms with van der Waals surface area (Å²) >= 11 is 0. The Bertz CT molecular complexity index is 820. The minimum atomic E-state index is -0.221. The van der Waals surface area contributed by atoms with E-state index in [4.69, 9.17) is 0 Å². The summed E-state index contributed by atoms with van der Waals surface area (Å²) in [6, 6.07) is 11.9. The van der Waals surface area contributed by atoms with Gasteiger partial charge in [-0.3, -0.25) is 9.69 Å². The fraction of sp³-hybridized carbons (Fsp3) is 0.435. The molecule has 1 atom stereocenters. The Labute approximate surface area is 166 Å². The summed E-state index contributed by atoms with van der Waals surface area (Å²) in [5, 5.41) is 9.73. The lowest BCUT2D eigenvalue weighted by Crippen LogP contribution is -2.45. The number of benzene rings is 2. The number of amides is 1. The summed E-state index contributed by atoms with van der Waals surface area (Å²) in [5.74, 6) is 0.381. The van der Waals surface area contributed by atoms with Crippen LogP contribution in [0.5, 0.6) is 5.75 Å². The largest absolute Gasteiger partial charge is 0.508 e. The quantitative estimate of drug-likeness (QED) is 0.859. The Morgan fingerprint density at radius 2 is 1.89 bits per heavy atom. The number of rotatable bonds is 4. The zero-order valence-corrected chi connectivity index (χ0v) is 16.9. The Morgan fingerprint density at radius 1 is 1.18 bits per heavy atom. The zero-order valence-electron chi connectivity index (χ0n) is 16.9. The second-order valence-corrected chi connectivity index (χ2v) is 8.01. The number of aromatic hydroxyl groups is 1. The van der Waals surface area contributed by atoms with Crippen molar-refractivity contribution in [3.63, 3.8) is 0 Å². The maximum atomic E-state index is 13.2. The summed E-state index contributed by atoms with van der Waals surface area (Å²) < 4.78 is 13.2. The SMILES string of the molecule is Cc1cc(C(=O)N2CCCN(Cc3ccc(F)cc3)[C@H](C(C)C)C2)ccc1O. The van der Waals surface area contributed by atoms with Crippen LogP contribution in [0.1, 0.15) is 41.8 Å². The van der Waals surface area contributed by atoms with Gasteiger partial charge in [0, 0.05) is 37.8 Å². The summed E-state index contributed by atoms with van der Waals surface area (Å²) in [6.45, 7) is 9.19. The van der Waals surface area contributed by atoms with Crippen LogP contribution in [-0.2, 0) is 6.54 Å². The van der Waals surface area contributed by atoms with Crippen molar-refractivity contribution in [2.45, 2.75) is 39.8 Å². The van der Waals surface area contributed by atoms with Gasteiger partial charge in [0.1, 0.15) is 11.6 Å². The number of phenols is 1. The first-order chi connectivity index (χ1) is 13.3. The van der Waals surface area contributed by atoms with E-state index in [1.54, 1.807) is 25.1 Å². The second kappa shape index (κ2) is 8.74. The summed E-state index contributed by atoms with van der Waals surface area (Å²) in [5.41, 5.74) is 2.41. The van der Waals surface area contributed by atoms with Gasteiger partial charge in [0.25, 0.3) is 5.91 Å². The van der Waals surface area contributed by atoms with Gasteiger partial charge >= 0.3 is 0 Å². The van der Waals surface area contributed by atoms with Crippen molar-refractivity contribution >= 4 is 5.91 Å². The van der Waals surface area contributed by atoms with E-state index in [0.29, 0.717) is 30.1 Å². The highest BCUT2D eigenvalue weighted by Crippen LogP contribution is 2.23. The first-order valence-electron chi connectivity index (χ1n) is 9.92. The van der Waals surface area contributed by atoms with Crippen molar-refractivity contribution in [1.82, 2.24) is 9.80 Å². The lowest BCUT2D eigenvalue weighted by molar-refractivity contribution is 0.0702. The highest BCUT2D eigenvalue weighted by molar-refractivity contribution is 5.94. The van der Waals surface area contributed by atoms with Crippen LogP contribution in [0.4, 0.5) is 4.39 Å². The molecule has 0 radical (unpaired) electrons. The van der Waals surface area contributed by atoms with Crippen LogP contribution in [0, 0.1) is 18.7 Å². The van der Waals surface area contributed by atoms with Gasteiger partial charge in [-0.25, -0.2) is 4.39 Å². The van der Waals surface area contributed by atoms with Crippen LogP contribution >= 0.6 is 0 Å². The van der Waals surface area contributed by atoms with E-state index >= 15 is 0 Å². The molecule has 1 saturated heterocycles. The van der Waals surface area contributed by atoms with Crippen LogP contribution in [0.25, 0.3) is 0 Å². The number of nitrogens with zero attached hydrogens (tertiary/aromatic N) is 2. The number of hydrogen-bond donors (Lipinski definition) is 1. The summed E-state index contributed by atoms with van der Waals surface area (Å²) in [7, 11) is 0. The van der Waals surface area contributed by atoms with Crippen molar-refractivity contribution in [1.29, 1.82) is 0 Å². The molecule has 1 heterocycles. The molecular weight excluding hydrogens is 355 g/mol. The van der Waals surface area contributed by atoms with E-state index < -0.39 is 0 Å². The van der Waals surface area contributed by atoms with Gasteiger partial charge in [0.15, 0.2) is 0 Å². The maximum Gasteiger partial charge on any atom is 0.253 e. The summed E-state index contributed by atoms with van der Waals surface area (Å²) in [6.07, 6.45) is 0.896. The van der Waals surface area contributed by atoms with Gasteiger partial charge in [-0.1, -0.05) is 26.0 Å². The molecule has 4 nitrogen and oxygen atoms in total. The fourth-order valence-corrected chi connectivity index (χ4v) is 3.87. The molecule has 2 aromatic carbocycles. The molecule has 28 heavy (non-hydrogen) atoms. The van der Waals surface area contributed by atoms with E-state index in [2.05, 4.69) is 18.7 Å². The van der Waals surface area contributed by atoms with Gasteiger partial charge < -0.3 is 10.0 Å². The molecule has 2 aromatic rings. The average Bonchev–Trinajstić information content (AvgIpc) is 2.88. The standard InChI is InChI=1S/C23H29FN2O2/c1-16(2)21-15-26(23(28)19-7-10-22(27)17(3)13-19)12-4-11-25(21)14-18-5-8-20(24)9-6-18/h5-10,13,16,21,27H,4,11-12,14-15H2,1-3H3/t21-/m0/s1. The lowest BCUT2D eigenvalue weighted by atomic mass is 10.0. The van der Waals surface area contributed by atoms with E-state index in [1.165, 1.54) is 12.1 Å². The van der Waals surface area contributed by atoms with Gasteiger partial charge in [0.05, 0.1) is 0 Å². The third-order valence-electron chi connectivity index (χ3n) is 5.55. The molecule has 3 rings (SSSR count). The van der Waals surface area contributed by atoms with E-state index in [0.717, 1.165) is 25.1 Å². The number of carbonyl (C=O) groups excluding carboxylic acids is 1. The molecule has 150 valence electrons. The van der Waals surface area contributed by atoms with Crippen molar-refractivity contribution in [2.24, 2.45) is 5.92 Å². The van der Waals surface area contributed by atoms with Crippen LogP contribution in [-0.4, -0.2) is 46.5 Å². The van der Waals surface area contributed by atoms with Crippen molar-refractivity contribution in [2.75, 3.05) is 19.6 Å². The average molecular weight is 384 g/mol. The Kier molecular flexibility index (Phi) is 6.35. The number of halogens is 1. The number of phenolic OH excluding ortho intramolecular Hbond substituents is 1. The van der Waals surface area contributed by atoms with Crippen LogP contribution < -0.4 is 0 Å². The number of carbonyl (C=O) groups is 1. The van der Waals surface area contributed by atoms with Gasteiger partial charge in [-0.2, -0.15) is 0 Å². The van der Waals surface area contributed by atoms with Crippen molar-refractivity contribution < 1.29 is 14.3 Å². The zero-order chi connectivity index (χ0) is 20.3. The highest BCUT2D eigenvalue weighted by atomic mass is 19.1. The van der Waals surface area contributed by atoms with Gasteiger partial charge in [0.2, 0.25) is 0 Å². The predicted octanol–water partition coefficient (Wildman–Crippen LogP) is 4.21. The molecule has 1 amide bonds. The molecule has 0 bridgehead atoms. The smallest absolute Gasteiger partial charge is 0.253 e. The predicted molar refractivity (Wildman–Crippen MR) is 109 cm³/mol. The Hall–Kier alpha value is -2.40. The third-order valence-corrected chi connectivity index (χ3v) is 5.55. The Balaban J connectivity index is 1.77. The number of hydrogen-bond acceptors (Lipinski definition) is 3. The van der Waals surface area contributed by atoms with Crippen molar-refractivity contribution in [3.8, 4) is 5.75 Å². The molecule has 1 N–H and O–H groups in total. The molecule has 1 aliphatic rings. The third kappa shape index (κ3) is 4.71. The first kappa shape index (κ1) is 20.3. The van der Waals surface area contributed by atoms with Crippen molar-refractivity contribution in [3.05, 3.63) is 65.0 Å². The number of aryl methyl sites for hydroxylation is 1. The highest BCUT2D eigenvalue weighted by Gasteiger charge is 2.30. The monoisotopic (exact) mass is 384 g/mol. The minimum Gasteiger partial charge on any atom is -0.508 e. The van der Waals surface area contributed by atoms with E-state index in [1.807, 2.05) is 17.0 Å². The molecule has 0 spiro atoms. The topological polar surface area (TPSA) is 43.8 Å². The normalized spacial score (nSPS) is 18.3. The van der Waals surface area contributed by atoms with E-state index in [-0.39, 0.29) is 23.5 Å². The van der Waals surface area contributed by atoms with E-state index in [9.17, 15) is 14.3 Å². The molecule has 0 aliphatic carbocycles. The first-order valence-corrected chi connectivity index (χ1v) is 9.92.